The molecule has 0 bridgehead atoms. The van der Waals surface area contributed by atoms with Crippen LogP contribution in [0, 0.1) is 13.8 Å². The number of ether oxygens (including phenoxy) is 1. The summed E-state index contributed by atoms with van der Waals surface area (Å²) in [5.41, 5.74) is 7.87. The van der Waals surface area contributed by atoms with Crippen LogP contribution in [-0.4, -0.2) is 17.4 Å². The average molecular weight is 495 g/mol. The maximum Gasteiger partial charge on any atom is 0.250 e. The highest BCUT2D eigenvalue weighted by atomic mass is 79.9. The number of carbonyl (C=O) groups excluding carboxylic acids is 1. The van der Waals surface area contributed by atoms with Gasteiger partial charge in [0.15, 0.2) is 0 Å². The van der Waals surface area contributed by atoms with Crippen LogP contribution < -0.4 is 10.2 Å². The number of hydrazone groups is 1. The summed E-state index contributed by atoms with van der Waals surface area (Å²) in [4.78, 5) is 13.6. The van der Waals surface area contributed by atoms with E-state index in [1.165, 1.54) is 11.8 Å². The Labute approximate surface area is 195 Å². The number of carbonyl (C=O) groups is 1. The number of nitrogens with one attached hydrogen (secondary N) is 1. The summed E-state index contributed by atoms with van der Waals surface area (Å²) in [6.45, 7) is 4.10. The first-order valence-electron chi connectivity index (χ1n) is 10.1. The van der Waals surface area contributed by atoms with Crippen molar-refractivity contribution in [3.63, 3.8) is 0 Å². The molecule has 3 aromatic carbocycles. The van der Waals surface area contributed by atoms with Gasteiger partial charge in [0.2, 0.25) is 5.91 Å². The molecule has 0 aliphatic carbocycles. The summed E-state index contributed by atoms with van der Waals surface area (Å²) >= 11 is 5.07. The van der Waals surface area contributed by atoms with Crippen molar-refractivity contribution in [3.8, 4) is 5.75 Å². The van der Waals surface area contributed by atoms with Gasteiger partial charge in [-0.3, -0.25) is 4.79 Å². The second-order valence-electron chi connectivity index (χ2n) is 7.47. The van der Waals surface area contributed by atoms with E-state index in [0.717, 1.165) is 43.1 Å². The van der Waals surface area contributed by atoms with Gasteiger partial charge in [0.25, 0.3) is 0 Å². The van der Waals surface area contributed by atoms with Crippen molar-refractivity contribution < 1.29 is 9.53 Å². The lowest BCUT2D eigenvalue weighted by Gasteiger charge is -2.27. The van der Waals surface area contributed by atoms with Gasteiger partial charge < -0.3 is 4.74 Å². The maximum atomic E-state index is 12.5. The molecule has 0 aromatic heterocycles. The van der Waals surface area contributed by atoms with Gasteiger partial charge in [-0.25, -0.2) is 5.43 Å². The number of amides is 1. The molecule has 1 amide bonds. The average Bonchev–Trinajstić information content (AvgIpc) is 2.79. The van der Waals surface area contributed by atoms with Crippen molar-refractivity contribution in [2.75, 3.05) is 5.75 Å². The monoisotopic (exact) mass is 494 g/mol. The quantitative estimate of drug-likeness (QED) is 0.339. The van der Waals surface area contributed by atoms with Crippen molar-refractivity contribution >= 4 is 39.3 Å². The van der Waals surface area contributed by atoms with Crippen LogP contribution in [0.4, 0.5) is 0 Å². The molecule has 158 valence electrons. The molecule has 1 atom stereocenters. The van der Waals surface area contributed by atoms with Crippen LogP contribution in [0.25, 0.3) is 0 Å². The van der Waals surface area contributed by atoms with E-state index in [0.29, 0.717) is 12.2 Å². The Bertz CT molecular complexity index is 1130. The Morgan fingerprint density at radius 3 is 2.65 bits per heavy atom. The molecule has 1 aliphatic heterocycles. The topological polar surface area (TPSA) is 50.7 Å². The molecule has 1 N–H and O–H groups in total. The van der Waals surface area contributed by atoms with E-state index in [2.05, 4.69) is 38.6 Å². The van der Waals surface area contributed by atoms with Crippen LogP contribution in [0.2, 0.25) is 0 Å². The summed E-state index contributed by atoms with van der Waals surface area (Å²) < 4.78 is 7.27. The third kappa shape index (κ3) is 5.20. The second-order valence-corrected chi connectivity index (χ2v) is 9.34. The molecule has 6 heteroatoms. The molecule has 1 unspecified atom stereocenters. The van der Waals surface area contributed by atoms with E-state index in [9.17, 15) is 4.79 Å². The molecular weight excluding hydrogens is 472 g/mol. The van der Waals surface area contributed by atoms with Crippen molar-refractivity contribution in [3.05, 3.63) is 93.5 Å². The van der Waals surface area contributed by atoms with Gasteiger partial charge in [0.05, 0.1) is 11.5 Å². The van der Waals surface area contributed by atoms with E-state index < -0.39 is 0 Å². The van der Waals surface area contributed by atoms with Crippen molar-refractivity contribution in [1.82, 2.24) is 5.43 Å². The second kappa shape index (κ2) is 9.71. The molecule has 0 radical (unpaired) electrons. The van der Waals surface area contributed by atoms with Crippen molar-refractivity contribution in [2.24, 2.45) is 5.10 Å². The smallest absolute Gasteiger partial charge is 0.250 e. The van der Waals surface area contributed by atoms with Crippen LogP contribution in [0.1, 0.15) is 34.8 Å². The van der Waals surface area contributed by atoms with Gasteiger partial charge in [-0.2, -0.15) is 5.10 Å². The van der Waals surface area contributed by atoms with Gasteiger partial charge in [0.1, 0.15) is 11.9 Å². The number of nitrogens with zero attached hydrogens (tertiary/aromatic N) is 1. The fraction of sp³-hybridized carbons (Fsp3) is 0.200. The number of fused-ring (bicyclic) bond motifs is 1. The predicted molar refractivity (Wildman–Crippen MR) is 130 cm³/mol. The zero-order valence-electron chi connectivity index (χ0n) is 17.4. The summed E-state index contributed by atoms with van der Waals surface area (Å²) in [6, 6.07) is 22.1. The highest BCUT2D eigenvalue weighted by Gasteiger charge is 2.26. The summed E-state index contributed by atoms with van der Waals surface area (Å²) in [7, 11) is 0. The summed E-state index contributed by atoms with van der Waals surface area (Å²) in [5.74, 6) is 0.961. The van der Waals surface area contributed by atoms with E-state index in [1.807, 2.05) is 68.4 Å². The number of para-hydroxylation sites is 1. The molecule has 0 fully saturated rings. The molecule has 0 saturated heterocycles. The molecular formula is C25H23BrN2O2S. The van der Waals surface area contributed by atoms with Crippen LogP contribution in [-0.2, 0) is 4.79 Å². The lowest BCUT2D eigenvalue weighted by molar-refractivity contribution is -0.118. The lowest BCUT2D eigenvalue weighted by Crippen LogP contribution is -2.26. The van der Waals surface area contributed by atoms with Gasteiger partial charge >= 0.3 is 0 Å². The largest absolute Gasteiger partial charge is 0.485 e. The molecule has 3 aromatic rings. The Balaban J connectivity index is 1.47. The van der Waals surface area contributed by atoms with Crippen molar-refractivity contribution in [1.29, 1.82) is 0 Å². The third-order valence-electron chi connectivity index (χ3n) is 5.15. The van der Waals surface area contributed by atoms with E-state index >= 15 is 0 Å². The molecule has 31 heavy (non-hydrogen) atoms. The molecule has 1 aliphatic rings. The SMILES string of the molecule is Cc1cc(SCC(=O)N/N=C2\CC(c3ccccc3)Oc3ccccc32)c(C)cc1Br. The molecule has 4 rings (SSSR count). The predicted octanol–water partition coefficient (Wildman–Crippen LogP) is 6.20. The standard InChI is InChI=1S/C25H23BrN2O2S/c1-16-13-24(17(2)12-20(16)26)31-15-25(29)28-27-21-14-23(18-8-4-3-5-9-18)30-22-11-7-6-10-19(21)22/h3-13,23H,14-15H2,1-2H3,(H,28,29)/b27-21+. The first kappa shape index (κ1) is 21.7. The number of rotatable bonds is 5. The number of hydrogen-bond donors (Lipinski definition) is 1. The number of hydrogen-bond acceptors (Lipinski definition) is 4. The van der Waals surface area contributed by atoms with E-state index in [4.69, 9.17) is 4.74 Å². The fourth-order valence-electron chi connectivity index (χ4n) is 3.46. The minimum absolute atomic E-state index is 0.127. The third-order valence-corrected chi connectivity index (χ3v) is 7.16. The summed E-state index contributed by atoms with van der Waals surface area (Å²) in [5, 5.41) is 4.48. The zero-order chi connectivity index (χ0) is 21.8. The zero-order valence-corrected chi connectivity index (χ0v) is 19.8. The van der Waals surface area contributed by atoms with Gasteiger partial charge in [-0.15, -0.1) is 11.8 Å². The number of thioether (sulfide) groups is 1. The Morgan fingerprint density at radius 1 is 1.10 bits per heavy atom. The molecule has 0 saturated carbocycles. The number of benzene rings is 3. The van der Waals surface area contributed by atoms with E-state index in [-0.39, 0.29) is 12.0 Å². The first-order valence-corrected chi connectivity index (χ1v) is 11.8. The number of halogens is 1. The Kier molecular flexibility index (Phi) is 6.78. The minimum Gasteiger partial charge on any atom is -0.485 e. The van der Waals surface area contributed by atoms with Crippen LogP contribution in [0.5, 0.6) is 5.75 Å². The first-order chi connectivity index (χ1) is 15.0. The number of aryl methyl sites for hydroxylation is 2. The normalized spacial score (nSPS) is 16.5. The Hall–Kier alpha value is -2.57. The Morgan fingerprint density at radius 2 is 1.84 bits per heavy atom. The minimum atomic E-state index is -0.130. The highest BCUT2D eigenvalue weighted by Crippen LogP contribution is 2.35. The highest BCUT2D eigenvalue weighted by molar-refractivity contribution is 9.10. The molecule has 0 spiro atoms. The molecule has 4 nitrogen and oxygen atoms in total. The van der Waals surface area contributed by atoms with Gasteiger partial charge in [-0.05, 0) is 54.8 Å². The molecule has 1 heterocycles. The summed E-state index contributed by atoms with van der Waals surface area (Å²) in [6.07, 6.45) is 0.467. The van der Waals surface area contributed by atoms with Crippen LogP contribution >= 0.6 is 27.7 Å². The van der Waals surface area contributed by atoms with Crippen LogP contribution in [0.15, 0.2) is 81.2 Å². The van der Waals surface area contributed by atoms with Crippen LogP contribution in [0.3, 0.4) is 0 Å². The van der Waals surface area contributed by atoms with E-state index in [1.54, 1.807) is 0 Å². The van der Waals surface area contributed by atoms with Gasteiger partial charge in [0, 0.05) is 21.4 Å². The lowest BCUT2D eigenvalue weighted by atomic mass is 9.96. The fourth-order valence-corrected chi connectivity index (χ4v) is 4.82. The van der Waals surface area contributed by atoms with Gasteiger partial charge in [-0.1, -0.05) is 58.4 Å². The maximum absolute atomic E-state index is 12.5. The van der Waals surface area contributed by atoms with Crippen molar-refractivity contribution in [2.45, 2.75) is 31.3 Å².